The van der Waals surface area contributed by atoms with Crippen molar-refractivity contribution < 1.29 is 9.59 Å². The van der Waals surface area contributed by atoms with Crippen LogP contribution in [0.5, 0.6) is 0 Å². The van der Waals surface area contributed by atoms with Crippen molar-refractivity contribution in [2.75, 3.05) is 5.32 Å². The molecule has 0 saturated carbocycles. The van der Waals surface area contributed by atoms with Gasteiger partial charge in [0.05, 0.1) is 18.3 Å². The molecule has 23 heavy (non-hydrogen) atoms. The molecule has 2 amide bonds. The van der Waals surface area contributed by atoms with Crippen LogP contribution in [0.1, 0.15) is 29.3 Å². The Bertz CT molecular complexity index is 726. The minimum absolute atomic E-state index is 0.0863. The molecule has 0 radical (unpaired) electrons. The Kier molecular flexibility index (Phi) is 5.57. The zero-order chi connectivity index (χ0) is 16.7. The molecule has 2 N–H and O–H groups in total. The first kappa shape index (κ1) is 16.4. The Morgan fingerprint density at radius 2 is 1.96 bits per heavy atom. The zero-order valence-electron chi connectivity index (χ0n) is 13.0. The molecule has 0 unspecified atom stereocenters. The lowest BCUT2D eigenvalue weighted by Crippen LogP contribution is -2.22. The Balaban J connectivity index is 1.89. The normalized spacial score (nSPS) is 11.0. The van der Waals surface area contributed by atoms with Crippen LogP contribution in [0.15, 0.2) is 53.9 Å². The van der Waals surface area contributed by atoms with E-state index in [1.807, 2.05) is 19.1 Å². The number of anilines is 1. The molecule has 0 bridgehead atoms. The summed E-state index contributed by atoms with van der Waals surface area (Å²) in [6.45, 7) is 3.54. The first-order valence-electron chi connectivity index (χ1n) is 7.15. The van der Waals surface area contributed by atoms with Crippen LogP contribution in [0, 0.1) is 6.92 Å². The standard InChI is InChI=1S/C17H18N4O2/c1-12-6-3-4-8-15(12)17(23)21-20-13(2)10-16(22)19-14-7-5-9-18-11-14/h3-9,11H,10H2,1-2H3,(H,19,22)(H,21,23)/b20-13+. The highest BCUT2D eigenvalue weighted by molar-refractivity contribution is 6.06. The van der Waals surface area contributed by atoms with Crippen LogP contribution in [0.25, 0.3) is 0 Å². The van der Waals surface area contributed by atoms with Crippen LogP contribution in [0.2, 0.25) is 0 Å². The molecule has 0 atom stereocenters. The topological polar surface area (TPSA) is 83.4 Å². The summed E-state index contributed by atoms with van der Waals surface area (Å²) >= 11 is 0. The largest absolute Gasteiger partial charge is 0.324 e. The molecule has 6 heteroatoms. The van der Waals surface area contributed by atoms with Crippen molar-refractivity contribution in [2.45, 2.75) is 20.3 Å². The van der Waals surface area contributed by atoms with Crippen LogP contribution in [-0.2, 0) is 4.79 Å². The van der Waals surface area contributed by atoms with Crippen molar-refractivity contribution in [2.24, 2.45) is 5.10 Å². The Labute approximate surface area is 134 Å². The lowest BCUT2D eigenvalue weighted by atomic mass is 10.1. The third-order valence-electron chi connectivity index (χ3n) is 3.10. The second kappa shape index (κ2) is 7.84. The number of hydrogen-bond donors (Lipinski definition) is 2. The number of benzene rings is 1. The quantitative estimate of drug-likeness (QED) is 0.657. The van der Waals surface area contributed by atoms with E-state index >= 15 is 0 Å². The van der Waals surface area contributed by atoms with Gasteiger partial charge in [0.25, 0.3) is 5.91 Å². The number of aryl methyl sites for hydroxylation is 1. The van der Waals surface area contributed by atoms with Crippen LogP contribution >= 0.6 is 0 Å². The van der Waals surface area contributed by atoms with E-state index in [1.165, 1.54) is 0 Å². The van der Waals surface area contributed by atoms with Gasteiger partial charge in [-0.3, -0.25) is 14.6 Å². The van der Waals surface area contributed by atoms with Gasteiger partial charge in [-0.2, -0.15) is 5.10 Å². The van der Waals surface area contributed by atoms with E-state index in [-0.39, 0.29) is 18.2 Å². The molecule has 1 heterocycles. The predicted molar refractivity (Wildman–Crippen MR) is 89.2 cm³/mol. The van der Waals surface area contributed by atoms with Crippen LogP contribution in [-0.4, -0.2) is 22.5 Å². The average molecular weight is 310 g/mol. The van der Waals surface area contributed by atoms with Gasteiger partial charge in [0.15, 0.2) is 0 Å². The fourth-order valence-electron chi connectivity index (χ4n) is 1.95. The van der Waals surface area contributed by atoms with Gasteiger partial charge >= 0.3 is 0 Å². The van der Waals surface area contributed by atoms with E-state index in [2.05, 4.69) is 20.8 Å². The maximum atomic E-state index is 12.0. The van der Waals surface area contributed by atoms with Gasteiger partial charge in [-0.25, -0.2) is 5.43 Å². The third-order valence-corrected chi connectivity index (χ3v) is 3.10. The first-order valence-corrected chi connectivity index (χ1v) is 7.15. The number of hydrazone groups is 1. The summed E-state index contributed by atoms with van der Waals surface area (Å²) < 4.78 is 0. The number of nitrogens with zero attached hydrogens (tertiary/aromatic N) is 2. The molecule has 0 fully saturated rings. The fraction of sp³-hybridized carbons (Fsp3) is 0.176. The van der Waals surface area contributed by atoms with Gasteiger partial charge in [0.2, 0.25) is 5.91 Å². The molecule has 0 aliphatic heterocycles. The minimum atomic E-state index is -0.296. The summed E-state index contributed by atoms with van der Waals surface area (Å²) in [5.41, 5.74) is 5.02. The second-order valence-electron chi connectivity index (χ2n) is 5.07. The molecule has 2 aromatic rings. The molecule has 0 saturated heterocycles. The monoisotopic (exact) mass is 310 g/mol. The number of hydrogen-bond acceptors (Lipinski definition) is 4. The molecule has 2 rings (SSSR count). The van der Waals surface area contributed by atoms with Gasteiger partial charge in [0.1, 0.15) is 0 Å². The predicted octanol–water partition coefficient (Wildman–Crippen LogP) is 2.52. The highest BCUT2D eigenvalue weighted by atomic mass is 16.2. The summed E-state index contributed by atoms with van der Waals surface area (Å²) in [6, 6.07) is 10.7. The maximum absolute atomic E-state index is 12.0. The number of amides is 2. The highest BCUT2D eigenvalue weighted by Crippen LogP contribution is 2.06. The van der Waals surface area contributed by atoms with Crippen molar-refractivity contribution in [3.63, 3.8) is 0 Å². The molecule has 6 nitrogen and oxygen atoms in total. The Morgan fingerprint density at radius 1 is 1.17 bits per heavy atom. The lowest BCUT2D eigenvalue weighted by Gasteiger charge is -2.06. The third kappa shape index (κ3) is 5.03. The van der Waals surface area contributed by atoms with Crippen molar-refractivity contribution in [3.8, 4) is 0 Å². The van der Waals surface area contributed by atoms with E-state index in [9.17, 15) is 9.59 Å². The van der Waals surface area contributed by atoms with Crippen molar-refractivity contribution >= 4 is 23.2 Å². The van der Waals surface area contributed by atoms with E-state index in [0.29, 0.717) is 17.0 Å². The second-order valence-corrected chi connectivity index (χ2v) is 5.07. The van der Waals surface area contributed by atoms with Gasteiger partial charge in [-0.1, -0.05) is 18.2 Å². The summed E-state index contributed by atoms with van der Waals surface area (Å²) in [5, 5.41) is 6.67. The summed E-state index contributed by atoms with van der Waals surface area (Å²) in [6.07, 6.45) is 3.27. The van der Waals surface area contributed by atoms with E-state index in [4.69, 9.17) is 0 Å². The minimum Gasteiger partial charge on any atom is -0.324 e. The molecule has 0 spiro atoms. The average Bonchev–Trinajstić information content (AvgIpc) is 2.54. The number of pyridine rings is 1. The molecule has 118 valence electrons. The first-order chi connectivity index (χ1) is 11.1. The summed E-state index contributed by atoms with van der Waals surface area (Å²) in [4.78, 5) is 27.8. The van der Waals surface area contributed by atoms with Gasteiger partial charge in [-0.05, 0) is 37.6 Å². The zero-order valence-corrected chi connectivity index (χ0v) is 13.0. The van der Waals surface area contributed by atoms with E-state index < -0.39 is 0 Å². The van der Waals surface area contributed by atoms with E-state index in [0.717, 1.165) is 5.56 Å². The summed E-state index contributed by atoms with van der Waals surface area (Å²) in [5.74, 6) is -0.514. The Morgan fingerprint density at radius 3 is 2.65 bits per heavy atom. The summed E-state index contributed by atoms with van der Waals surface area (Å²) in [7, 11) is 0. The van der Waals surface area contributed by atoms with E-state index in [1.54, 1.807) is 43.6 Å². The Hall–Kier alpha value is -3.02. The van der Waals surface area contributed by atoms with Crippen LogP contribution in [0.4, 0.5) is 5.69 Å². The van der Waals surface area contributed by atoms with Gasteiger partial charge in [0, 0.05) is 17.5 Å². The van der Waals surface area contributed by atoms with Crippen LogP contribution in [0.3, 0.4) is 0 Å². The van der Waals surface area contributed by atoms with Gasteiger partial charge in [-0.15, -0.1) is 0 Å². The smallest absolute Gasteiger partial charge is 0.271 e. The van der Waals surface area contributed by atoms with Crippen molar-refractivity contribution in [1.29, 1.82) is 0 Å². The molecule has 0 aliphatic carbocycles. The molecular weight excluding hydrogens is 292 g/mol. The number of carbonyl (C=O) groups excluding carboxylic acids is 2. The van der Waals surface area contributed by atoms with Gasteiger partial charge < -0.3 is 5.32 Å². The van der Waals surface area contributed by atoms with Crippen molar-refractivity contribution in [3.05, 3.63) is 59.9 Å². The van der Waals surface area contributed by atoms with Crippen LogP contribution < -0.4 is 10.7 Å². The molecule has 1 aromatic heterocycles. The number of rotatable bonds is 5. The SMILES string of the molecule is C/C(CC(=O)Nc1cccnc1)=N\NC(=O)c1ccccc1C. The maximum Gasteiger partial charge on any atom is 0.271 e. The molecule has 0 aliphatic rings. The lowest BCUT2D eigenvalue weighted by molar-refractivity contribution is -0.115. The van der Waals surface area contributed by atoms with Crippen molar-refractivity contribution in [1.82, 2.24) is 10.4 Å². The molecule has 1 aromatic carbocycles. The highest BCUT2D eigenvalue weighted by Gasteiger charge is 2.08. The molecular formula is C17H18N4O2. The number of aromatic nitrogens is 1. The number of carbonyl (C=O) groups is 2. The fourth-order valence-corrected chi connectivity index (χ4v) is 1.95. The number of nitrogens with one attached hydrogen (secondary N) is 2.